The van der Waals surface area contributed by atoms with E-state index >= 15 is 0 Å². The molecule has 1 amide bonds. The van der Waals surface area contributed by atoms with Crippen LogP contribution in [0.1, 0.15) is 18.9 Å². The molecule has 3 rings (SSSR count). The van der Waals surface area contributed by atoms with Gasteiger partial charge >= 0.3 is 0 Å². The first-order valence-electron chi connectivity index (χ1n) is 8.96. The molecule has 2 aliphatic heterocycles. The summed E-state index contributed by atoms with van der Waals surface area (Å²) < 4.78 is 37.0. The van der Waals surface area contributed by atoms with Crippen molar-refractivity contribution in [3.05, 3.63) is 35.6 Å². The molecule has 2 atom stereocenters. The zero-order chi connectivity index (χ0) is 18.7. The second-order valence-electron chi connectivity index (χ2n) is 6.86. The van der Waals surface area contributed by atoms with Crippen molar-refractivity contribution >= 4 is 27.5 Å². The highest BCUT2D eigenvalue weighted by molar-refractivity contribution is 7.98. The van der Waals surface area contributed by atoms with Gasteiger partial charge in [0.15, 0.2) is 9.84 Å². The number of amides is 1. The highest BCUT2D eigenvalue weighted by Gasteiger charge is 2.47. The first kappa shape index (κ1) is 19.6. The molecule has 0 spiro atoms. The Morgan fingerprint density at radius 3 is 2.58 bits per heavy atom. The number of sulfone groups is 1. The molecule has 2 heterocycles. The SMILES string of the molecule is CCN1CCN(C(=O)CCSCc2ccc(F)cc2)C2CS(=O)(=O)CC21. The minimum Gasteiger partial charge on any atom is -0.336 e. The lowest BCUT2D eigenvalue weighted by molar-refractivity contribution is -0.136. The fraction of sp³-hybridized carbons (Fsp3) is 0.611. The Kier molecular flexibility index (Phi) is 6.25. The largest absolute Gasteiger partial charge is 0.336 e. The van der Waals surface area contributed by atoms with Crippen LogP contribution in [0.25, 0.3) is 0 Å². The third kappa shape index (κ3) is 4.58. The second kappa shape index (κ2) is 8.27. The number of carbonyl (C=O) groups excluding carboxylic acids is 1. The van der Waals surface area contributed by atoms with Crippen LogP contribution in [-0.4, -0.2) is 73.1 Å². The van der Waals surface area contributed by atoms with E-state index in [4.69, 9.17) is 0 Å². The first-order valence-corrected chi connectivity index (χ1v) is 11.9. The van der Waals surface area contributed by atoms with Gasteiger partial charge in [-0.25, -0.2) is 12.8 Å². The number of benzene rings is 1. The van der Waals surface area contributed by atoms with Crippen LogP contribution in [0, 0.1) is 5.82 Å². The number of halogens is 1. The number of nitrogens with zero attached hydrogens (tertiary/aromatic N) is 2. The molecule has 0 aromatic heterocycles. The van der Waals surface area contributed by atoms with Crippen LogP contribution >= 0.6 is 11.8 Å². The summed E-state index contributed by atoms with van der Waals surface area (Å²) in [6.07, 6.45) is 0.404. The number of carbonyl (C=O) groups is 1. The summed E-state index contributed by atoms with van der Waals surface area (Å²) in [5.41, 5.74) is 1.03. The third-order valence-corrected chi connectivity index (χ3v) is 7.89. The standard InChI is InChI=1S/C18H25FN2O3S2/c1-2-20-8-9-21(17-13-26(23,24)12-16(17)20)18(22)7-10-25-11-14-3-5-15(19)6-4-14/h3-6,16-17H,2,7-13H2,1H3. The summed E-state index contributed by atoms with van der Waals surface area (Å²) in [7, 11) is -3.07. The molecular weight excluding hydrogens is 375 g/mol. The molecule has 0 bridgehead atoms. The number of hydrogen-bond acceptors (Lipinski definition) is 5. The van der Waals surface area contributed by atoms with Crippen LogP contribution in [0.2, 0.25) is 0 Å². The molecule has 5 nitrogen and oxygen atoms in total. The van der Waals surface area contributed by atoms with Gasteiger partial charge < -0.3 is 4.90 Å². The summed E-state index contributed by atoms with van der Waals surface area (Å²) in [5.74, 6) is 1.45. The molecule has 2 unspecified atom stereocenters. The van der Waals surface area contributed by atoms with E-state index in [0.29, 0.717) is 18.7 Å². The number of thioether (sulfide) groups is 1. The van der Waals surface area contributed by atoms with E-state index in [-0.39, 0.29) is 35.3 Å². The lowest BCUT2D eigenvalue weighted by Crippen LogP contribution is -2.60. The lowest BCUT2D eigenvalue weighted by Gasteiger charge is -2.43. The van der Waals surface area contributed by atoms with Crippen molar-refractivity contribution in [1.82, 2.24) is 9.80 Å². The lowest BCUT2D eigenvalue weighted by atomic mass is 10.0. The minimum absolute atomic E-state index is 0.0412. The Morgan fingerprint density at radius 1 is 1.19 bits per heavy atom. The molecule has 1 aromatic rings. The maximum Gasteiger partial charge on any atom is 0.223 e. The zero-order valence-electron chi connectivity index (χ0n) is 14.9. The Morgan fingerprint density at radius 2 is 1.88 bits per heavy atom. The van der Waals surface area contributed by atoms with E-state index < -0.39 is 9.84 Å². The normalized spacial score (nSPS) is 25.2. The van der Waals surface area contributed by atoms with Crippen LogP contribution in [0.4, 0.5) is 4.39 Å². The number of likely N-dealkylation sites (N-methyl/N-ethyl adjacent to an activating group) is 1. The van der Waals surface area contributed by atoms with Gasteiger partial charge in [0.25, 0.3) is 0 Å². The molecule has 2 saturated heterocycles. The Labute approximate surface area is 158 Å². The van der Waals surface area contributed by atoms with Gasteiger partial charge in [-0.05, 0) is 24.2 Å². The van der Waals surface area contributed by atoms with E-state index in [2.05, 4.69) is 4.90 Å². The van der Waals surface area contributed by atoms with Gasteiger partial charge in [0, 0.05) is 37.1 Å². The van der Waals surface area contributed by atoms with Gasteiger partial charge in [-0.2, -0.15) is 11.8 Å². The van der Waals surface area contributed by atoms with Crippen LogP contribution in [-0.2, 0) is 20.4 Å². The predicted octanol–water partition coefficient (Wildman–Crippen LogP) is 1.78. The fourth-order valence-corrected chi connectivity index (χ4v) is 6.70. The van der Waals surface area contributed by atoms with E-state index in [0.717, 1.165) is 24.4 Å². The minimum atomic E-state index is -3.07. The Balaban J connectivity index is 1.52. The maximum atomic E-state index is 12.9. The molecule has 0 aliphatic carbocycles. The highest BCUT2D eigenvalue weighted by atomic mass is 32.2. The summed E-state index contributed by atoms with van der Waals surface area (Å²) in [4.78, 5) is 16.6. The van der Waals surface area contributed by atoms with Gasteiger partial charge in [0.05, 0.1) is 17.5 Å². The van der Waals surface area contributed by atoms with Crippen molar-refractivity contribution in [2.45, 2.75) is 31.2 Å². The van der Waals surface area contributed by atoms with E-state index in [1.54, 1.807) is 28.8 Å². The molecule has 0 radical (unpaired) electrons. The molecule has 144 valence electrons. The summed E-state index contributed by atoms with van der Waals surface area (Å²) in [6.45, 7) is 4.19. The Bertz CT molecular complexity index is 739. The topological polar surface area (TPSA) is 57.7 Å². The van der Waals surface area contributed by atoms with Crippen molar-refractivity contribution in [2.75, 3.05) is 36.9 Å². The number of fused-ring (bicyclic) bond motifs is 1. The Hall–Kier alpha value is -1.12. The average molecular weight is 401 g/mol. The van der Waals surface area contributed by atoms with Crippen molar-refractivity contribution < 1.29 is 17.6 Å². The van der Waals surface area contributed by atoms with Crippen LogP contribution < -0.4 is 0 Å². The molecule has 2 aliphatic rings. The third-order valence-electron chi connectivity index (χ3n) is 5.16. The molecule has 1 aromatic carbocycles. The van der Waals surface area contributed by atoms with Crippen molar-refractivity contribution in [1.29, 1.82) is 0 Å². The quantitative estimate of drug-likeness (QED) is 0.682. The van der Waals surface area contributed by atoms with Gasteiger partial charge in [0.1, 0.15) is 5.82 Å². The van der Waals surface area contributed by atoms with E-state index in [1.807, 2.05) is 6.92 Å². The molecule has 0 N–H and O–H groups in total. The number of rotatable bonds is 6. The summed E-state index contributed by atoms with van der Waals surface area (Å²) in [5, 5.41) is 0. The predicted molar refractivity (Wildman–Crippen MR) is 102 cm³/mol. The van der Waals surface area contributed by atoms with Crippen LogP contribution in [0.5, 0.6) is 0 Å². The summed E-state index contributed by atoms with van der Waals surface area (Å²) >= 11 is 1.64. The fourth-order valence-electron chi connectivity index (χ4n) is 3.80. The monoisotopic (exact) mass is 400 g/mol. The van der Waals surface area contributed by atoms with E-state index in [1.165, 1.54) is 12.1 Å². The van der Waals surface area contributed by atoms with Gasteiger partial charge in [-0.15, -0.1) is 0 Å². The first-order chi connectivity index (χ1) is 12.4. The molecular formula is C18H25FN2O3S2. The van der Waals surface area contributed by atoms with Crippen molar-refractivity contribution in [3.63, 3.8) is 0 Å². The highest BCUT2D eigenvalue weighted by Crippen LogP contribution is 2.27. The average Bonchev–Trinajstić information content (AvgIpc) is 2.94. The molecule has 0 saturated carbocycles. The zero-order valence-corrected chi connectivity index (χ0v) is 16.6. The van der Waals surface area contributed by atoms with Gasteiger partial charge in [-0.1, -0.05) is 19.1 Å². The van der Waals surface area contributed by atoms with Crippen molar-refractivity contribution in [2.24, 2.45) is 0 Å². The van der Waals surface area contributed by atoms with Crippen molar-refractivity contribution in [3.8, 4) is 0 Å². The van der Waals surface area contributed by atoms with Gasteiger partial charge in [-0.3, -0.25) is 9.69 Å². The second-order valence-corrected chi connectivity index (χ2v) is 10.1. The maximum absolute atomic E-state index is 12.9. The number of hydrogen-bond donors (Lipinski definition) is 0. The number of piperazine rings is 1. The molecule has 2 fully saturated rings. The van der Waals surface area contributed by atoms with Crippen LogP contribution in [0.3, 0.4) is 0 Å². The summed E-state index contributed by atoms with van der Waals surface area (Å²) in [6, 6.07) is 6.12. The van der Waals surface area contributed by atoms with Crippen LogP contribution in [0.15, 0.2) is 24.3 Å². The van der Waals surface area contributed by atoms with Gasteiger partial charge in [0.2, 0.25) is 5.91 Å². The molecule has 26 heavy (non-hydrogen) atoms. The smallest absolute Gasteiger partial charge is 0.223 e. The van der Waals surface area contributed by atoms with E-state index in [9.17, 15) is 17.6 Å². The molecule has 8 heteroatoms.